The number of alkyl halides is 3. The van der Waals surface area contributed by atoms with Crippen LogP contribution < -0.4 is 15.4 Å². The normalized spacial score (nSPS) is 15.8. The third-order valence-corrected chi connectivity index (χ3v) is 6.12. The molecule has 13 heteroatoms. The van der Waals surface area contributed by atoms with E-state index in [-0.39, 0.29) is 23.2 Å². The summed E-state index contributed by atoms with van der Waals surface area (Å²) in [5, 5.41) is 9.15. The number of nitrogens with zero attached hydrogens (tertiary/aromatic N) is 5. The second kappa shape index (κ2) is 11.9. The van der Waals surface area contributed by atoms with Gasteiger partial charge in [-0.15, -0.1) is 18.3 Å². The number of thioether (sulfide) groups is 1. The second-order valence-electron chi connectivity index (χ2n) is 7.52. The Morgan fingerprint density at radius 3 is 2.45 bits per heavy atom. The number of aliphatic imine (C=N–C) groups is 2. The number of nitrogens with two attached hydrogens (primary N) is 1. The van der Waals surface area contributed by atoms with Crippen LogP contribution in [-0.2, 0) is 4.79 Å². The van der Waals surface area contributed by atoms with Crippen molar-refractivity contribution in [3.8, 4) is 5.75 Å². The van der Waals surface area contributed by atoms with Crippen LogP contribution in [0.1, 0.15) is 11.1 Å². The van der Waals surface area contributed by atoms with E-state index < -0.39 is 6.36 Å². The van der Waals surface area contributed by atoms with Gasteiger partial charge in [0.15, 0.2) is 5.17 Å². The highest BCUT2D eigenvalue weighted by atomic mass is 35.5. The van der Waals surface area contributed by atoms with Gasteiger partial charge in [-0.05, 0) is 42.0 Å². The van der Waals surface area contributed by atoms with Crippen molar-refractivity contribution in [2.24, 2.45) is 25.9 Å². The van der Waals surface area contributed by atoms with Crippen molar-refractivity contribution in [3.63, 3.8) is 0 Å². The van der Waals surface area contributed by atoms with E-state index in [0.29, 0.717) is 27.1 Å². The van der Waals surface area contributed by atoms with Crippen LogP contribution >= 0.6 is 23.4 Å². The average molecular weight is 559 g/mol. The molecular weight excluding hydrogens is 541 g/mol. The number of amidine groups is 2. The molecule has 0 saturated carbocycles. The molecular formula is C25H18ClF3N6O2S. The van der Waals surface area contributed by atoms with E-state index in [2.05, 4.69) is 24.9 Å². The quantitative estimate of drug-likeness (QED) is 0.226. The van der Waals surface area contributed by atoms with Crippen molar-refractivity contribution >= 4 is 64.2 Å². The Balaban J connectivity index is 1.38. The first-order valence-electron chi connectivity index (χ1n) is 10.8. The fraction of sp³-hybridized carbons (Fsp3) is 0.0800. The van der Waals surface area contributed by atoms with E-state index in [1.165, 1.54) is 41.3 Å². The van der Waals surface area contributed by atoms with Gasteiger partial charge in [0.1, 0.15) is 17.9 Å². The van der Waals surface area contributed by atoms with Crippen molar-refractivity contribution in [2.75, 3.05) is 10.7 Å². The minimum atomic E-state index is -4.76. The summed E-state index contributed by atoms with van der Waals surface area (Å²) in [4.78, 5) is 21.9. The Labute approximate surface area is 224 Å². The van der Waals surface area contributed by atoms with Gasteiger partial charge < -0.3 is 10.5 Å². The molecule has 1 amide bonds. The number of benzene rings is 3. The fourth-order valence-corrected chi connectivity index (χ4v) is 4.19. The number of hydrogen-bond acceptors (Lipinski definition) is 6. The number of rotatable bonds is 7. The summed E-state index contributed by atoms with van der Waals surface area (Å²) in [7, 11) is 0. The molecule has 0 spiro atoms. The number of carbonyl (C=O) groups excluding carboxylic acids is 1. The number of ether oxygens (including phenoxy) is 1. The summed E-state index contributed by atoms with van der Waals surface area (Å²) in [5.74, 6) is -0.0469. The highest BCUT2D eigenvalue weighted by Crippen LogP contribution is 2.32. The maximum Gasteiger partial charge on any atom is 0.573 e. The van der Waals surface area contributed by atoms with Crippen LogP contribution in [0, 0.1) is 0 Å². The minimum Gasteiger partial charge on any atom is -0.406 e. The Kier molecular flexibility index (Phi) is 8.44. The van der Waals surface area contributed by atoms with Crippen LogP contribution in [0.4, 0.5) is 24.5 Å². The van der Waals surface area contributed by atoms with Crippen molar-refractivity contribution in [3.05, 3.63) is 88.9 Å². The first kappa shape index (κ1) is 26.9. The van der Waals surface area contributed by atoms with Crippen LogP contribution in [0.2, 0.25) is 5.02 Å². The monoisotopic (exact) mass is 558 g/mol. The molecule has 0 atom stereocenters. The number of hydrogen-bond donors (Lipinski definition) is 1. The predicted molar refractivity (Wildman–Crippen MR) is 145 cm³/mol. The zero-order valence-corrected chi connectivity index (χ0v) is 20.9. The Hall–Kier alpha value is -4.16. The van der Waals surface area contributed by atoms with E-state index in [9.17, 15) is 18.0 Å². The van der Waals surface area contributed by atoms with E-state index in [1.807, 2.05) is 0 Å². The molecule has 1 heterocycles. The van der Waals surface area contributed by atoms with E-state index in [4.69, 9.17) is 17.3 Å². The number of para-hydroxylation sites is 1. The molecule has 1 aliphatic rings. The lowest BCUT2D eigenvalue weighted by Crippen LogP contribution is -2.29. The van der Waals surface area contributed by atoms with Crippen LogP contribution in [0.5, 0.6) is 5.75 Å². The molecule has 0 unspecified atom stereocenters. The summed E-state index contributed by atoms with van der Waals surface area (Å²) >= 11 is 7.50. The van der Waals surface area contributed by atoms with Crippen molar-refractivity contribution in [1.29, 1.82) is 0 Å². The zero-order valence-electron chi connectivity index (χ0n) is 19.3. The molecule has 0 bridgehead atoms. The van der Waals surface area contributed by atoms with Crippen LogP contribution in [0.3, 0.4) is 0 Å². The lowest BCUT2D eigenvalue weighted by molar-refractivity contribution is -0.274. The molecule has 194 valence electrons. The highest BCUT2D eigenvalue weighted by molar-refractivity contribution is 8.15. The Bertz CT molecular complexity index is 1420. The molecule has 0 aromatic heterocycles. The minimum absolute atomic E-state index is 0.132. The first-order valence-corrected chi connectivity index (χ1v) is 12.2. The van der Waals surface area contributed by atoms with E-state index in [0.717, 1.165) is 17.7 Å². The number of carbonyl (C=O) groups is 1. The zero-order chi connectivity index (χ0) is 27.1. The smallest absolute Gasteiger partial charge is 0.406 e. The van der Waals surface area contributed by atoms with Crippen molar-refractivity contribution in [2.45, 2.75) is 6.36 Å². The standard InChI is InChI=1S/C25H18ClF3N6O2S/c26-20-3-1-2-4-21(20)35-22(36)14-38-24(35)34-33-13-16-5-7-17(8-6-16)23(30)32-15-31-18-9-11-19(12-10-18)37-25(27,28)29/h1-13,15H,14H2,(H2,30,31,32)/b33-13+,34-24-. The van der Waals surface area contributed by atoms with Gasteiger partial charge in [-0.25, -0.2) is 9.98 Å². The number of amides is 1. The van der Waals surface area contributed by atoms with Gasteiger partial charge in [0.05, 0.1) is 28.4 Å². The third kappa shape index (κ3) is 7.20. The average Bonchev–Trinajstić information content (AvgIpc) is 3.24. The highest BCUT2D eigenvalue weighted by Gasteiger charge is 2.31. The molecule has 1 saturated heterocycles. The number of halogens is 4. The van der Waals surface area contributed by atoms with Gasteiger partial charge in [0.2, 0.25) is 5.91 Å². The van der Waals surface area contributed by atoms with E-state index in [1.54, 1.807) is 48.5 Å². The van der Waals surface area contributed by atoms with Crippen molar-refractivity contribution < 1.29 is 22.7 Å². The maximum absolute atomic E-state index is 12.3. The van der Waals surface area contributed by atoms with Crippen LogP contribution in [-0.4, -0.2) is 41.6 Å². The maximum atomic E-state index is 12.3. The third-order valence-electron chi connectivity index (χ3n) is 4.89. The van der Waals surface area contributed by atoms with Gasteiger partial charge in [-0.1, -0.05) is 59.8 Å². The second-order valence-corrected chi connectivity index (χ2v) is 8.87. The van der Waals surface area contributed by atoms with Gasteiger partial charge in [-0.3, -0.25) is 9.69 Å². The molecule has 1 fully saturated rings. The molecule has 0 aliphatic carbocycles. The molecule has 0 radical (unpaired) electrons. The van der Waals surface area contributed by atoms with Crippen molar-refractivity contribution in [1.82, 2.24) is 0 Å². The predicted octanol–water partition coefficient (Wildman–Crippen LogP) is 5.77. The van der Waals surface area contributed by atoms with E-state index >= 15 is 0 Å². The summed E-state index contributed by atoms with van der Waals surface area (Å²) < 4.78 is 40.5. The van der Waals surface area contributed by atoms with Crippen LogP contribution in [0.25, 0.3) is 0 Å². The SMILES string of the molecule is NC(=NC=Nc1ccc(OC(F)(F)F)cc1)c1ccc(/C=N/N=C2\SCC(=O)N2c2ccccc2Cl)cc1. The molecule has 4 rings (SSSR count). The molecule has 3 aromatic rings. The lowest BCUT2D eigenvalue weighted by atomic mass is 10.1. The van der Waals surface area contributed by atoms with Gasteiger partial charge in [0.25, 0.3) is 0 Å². The molecule has 38 heavy (non-hydrogen) atoms. The molecule has 3 aromatic carbocycles. The molecule has 1 aliphatic heterocycles. The topological polar surface area (TPSA) is 105 Å². The Morgan fingerprint density at radius 1 is 1.05 bits per heavy atom. The summed E-state index contributed by atoms with van der Waals surface area (Å²) in [6.07, 6.45) is -2.02. The van der Waals surface area contributed by atoms with Gasteiger partial charge in [0, 0.05) is 5.56 Å². The summed E-state index contributed by atoms with van der Waals surface area (Å²) in [6.45, 7) is 0. The van der Waals surface area contributed by atoms with Crippen LogP contribution in [0.15, 0.2) is 93.0 Å². The first-order chi connectivity index (χ1) is 18.2. The molecule has 8 nitrogen and oxygen atoms in total. The fourth-order valence-electron chi connectivity index (χ4n) is 3.16. The number of anilines is 1. The van der Waals surface area contributed by atoms with Gasteiger partial charge >= 0.3 is 6.36 Å². The lowest BCUT2D eigenvalue weighted by Gasteiger charge is -2.16. The largest absolute Gasteiger partial charge is 0.573 e. The summed E-state index contributed by atoms with van der Waals surface area (Å²) in [6, 6.07) is 19.0. The van der Waals surface area contributed by atoms with Gasteiger partial charge in [-0.2, -0.15) is 5.10 Å². The molecule has 2 N–H and O–H groups in total. The summed E-state index contributed by atoms with van der Waals surface area (Å²) in [5.41, 5.74) is 8.27. The Morgan fingerprint density at radius 2 is 1.76 bits per heavy atom.